The van der Waals surface area contributed by atoms with E-state index in [1.54, 1.807) is 31.2 Å². The molecule has 168 valence electrons. The van der Waals surface area contributed by atoms with E-state index in [1.165, 1.54) is 17.7 Å². The Bertz CT molecular complexity index is 1140. The maximum atomic E-state index is 13.0. The minimum absolute atomic E-state index is 0.0729. The molecule has 0 saturated heterocycles. The lowest BCUT2D eigenvalue weighted by Gasteiger charge is -2.09. The van der Waals surface area contributed by atoms with Crippen molar-refractivity contribution in [2.24, 2.45) is 0 Å². The Morgan fingerprint density at radius 3 is 2.31 bits per heavy atom. The number of carbonyl (C=O) groups excluding carboxylic acids is 1. The van der Waals surface area contributed by atoms with Gasteiger partial charge in [0, 0.05) is 6.54 Å². The Morgan fingerprint density at radius 1 is 0.938 bits per heavy atom. The van der Waals surface area contributed by atoms with E-state index in [9.17, 15) is 18.3 Å². The summed E-state index contributed by atoms with van der Waals surface area (Å²) in [6.07, 6.45) is 1.76. The molecule has 3 rings (SSSR count). The summed E-state index contributed by atoms with van der Waals surface area (Å²) in [5.41, 5.74) is 2.11. The number of aromatic hydroxyl groups is 1. The van der Waals surface area contributed by atoms with Crippen LogP contribution < -0.4 is 5.32 Å². The molecule has 0 aliphatic carbocycles. The summed E-state index contributed by atoms with van der Waals surface area (Å²) in [4.78, 5) is 12.0. The van der Waals surface area contributed by atoms with Gasteiger partial charge in [0.05, 0.1) is 16.4 Å². The maximum absolute atomic E-state index is 13.0. The summed E-state index contributed by atoms with van der Waals surface area (Å²) in [5, 5.41) is 13.3. The Balaban J connectivity index is 1.61. The molecule has 0 radical (unpaired) electrons. The molecule has 3 aromatic carbocycles. The van der Waals surface area contributed by atoms with Crippen LogP contribution in [0.2, 0.25) is 0 Å². The van der Waals surface area contributed by atoms with Gasteiger partial charge in [0.1, 0.15) is 11.3 Å². The first-order chi connectivity index (χ1) is 15.4. The van der Waals surface area contributed by atoms with E-state index >= 15 is 0 Å². The van der Waals surface area contributed by atoms with Crippen molar-refractivity contribution in [3.8, 4) is 5.75 Å². The summed E-state index contributed by atoms with van der Waals surface area (Å²) >= 11 is 0. The van der Waals surface area contributed by atoms with Crippen LogP contribution in [0.25, 0.3) is 0 Å². The van der Waals surface area contributed by atoms with E-state index in [1.807, 2.05) is 18.2 Å². The minimum atomic E-state index is -3.83. The summed E-state index contributed by atoms with van der Waals surface area (Å²) in [6, 6.07) is 20.5. The van der Waals surface area contributed by atoms with E-state index < -0.39 is 15.8 Å². The van der Waals surface area contributed by atoms with E-state index in [2.05, 4.69) is 17.4 Å². The number of hydrogen-bond donors (Lipinski definition) is 2. The monoisotopic (exact) mass is 453 g/mol. The topological polar surface area (TPSA) is 92.7 Å². The molecule has 0 aliphatic heterocycles. The van der Waals surface area contributed by atoms with Crippen LogP contribution in [-0.2, 0) is 27.5 Å². The molecular formula is C25H27NO5S. The van der Waals surface area contributed by atoms with Crippen molar-refractivity contribution in [3.63, 3.8) is 0 Å². The number of benzene rings is 3. The number of esters is 1. The number of nitrogens with one attached hydrogen (secondary N) is 1. The van der Waals surface area contributed by atoms with Crippen molar-refractivity contribution >= 4 is 15.8 Å². The number of rotatable bonds is 10. The first-order valence-electron chi connectivity index (χ1n) is 10.5. The van der Waals surface area contributed by atoms with Crippen molar-refractivity contribution in [2.45, 2.75) is 36.1 Å². The molecular weight excluding hydrogens is 426 g/mol. The standard InChI is InChI=1S/C25H27NO5S/c1-2-31-25(28)23-17-22(14-15-24(23)27)32(29,30)21-12-10-19(11-13-21)9-6-16-26-18-20-7-4-3-5-8-20/h3-5,7-8,10-15,17,26-27H,2,6,9,16,18H2,1H3. The number of phenols is 1. The average molecular weight is 454 g/mol. The average Bonchev–Trinajstić information content (AvgIpc) is 2.80. The van der Waals surface area contributed by atoms with Crippen LogP contribution in [0.4, 0.5) is 0 Å². The molecule has 7 heteroatoms. The van der Waals surface area contributed by atoms with Gasteiger partial charge in [-0.15, -0.1) is 0 Å². The van der Waals surface area contributed by atoms with Gasteiger partial charge in [0.25, 0.3) is 0 Å². The third-order valence-electron chi connectivity index (χ3n) is 5.00. The highest BCUT2D eigenvalue weighted by atomic mass is 32.2. The molecule has 6 nitrogen and oxygen atoms in total. The molecule has 0 saturated carbocycles. The van der Waals surface area contributed by atoms with Gasteiger partial charge in [-0.25, -0.2) is 13.2 Å². The van der Waals surface area contributed by atoms with E-state index in [0.717, 1.165) is 37.6 Å². The second-order valence-corrected chi connectivity index (χ2v) is 9.26. The lowest BCUT2D eigenvalue weighted by atomic mass is 10.1. The molecule has 32 heavy (non-hydrogen) atoms. The first kappa shape index (κ1) is 23.5. The lowest BCUT2D eigenvalue weighted by molar-refractivity contribution is 0.0522. The zero-order chi connectivity index (χ0) is 23.0. The number of phenolic OH excluding ortho intramolecular Hbond substituents is 1. The zero-order valence-electron chi connectivity index (χ0n) is 18.0. The van der Waals surface area contributed by atoms with Crippen LogP contribution in [0.1, 0.15) is 34.8 Å². The number of hydrogen-bond acceptors (Lipinski definition) is 6. The highest BCUT2D eigenvalue weighted by molar-refractivity contribution is 7.91. The van der Waals surface area contributed by atoms with Gasteiger partial charge in [0.15, 0.2) is 0 Å². The molecule has 3 aromatic rings. The Kier molecular flexibility index (Phi) is 8.03. The minimum Gasteiger partial charge on any atom is -0.507 e. The van der Waals surface area contributed by atoms with Crippen molar-refractivity contribution in [2.75, 3.05) is 13.2 Å². The van der Waals surface area contributed by atoms with Crippen molar-refractivity contribution in [1.82, 2.24) is 5.32 Å². The van der Waals surface area contributed by atoms with E-state index in [0.29, 0.717) is 0 Å². The molecule has 0 aliphatic rings. The predicted octanol–water partition coefficient (Wildman–Crippen LogP) is 4.12. The molecule has 0 unspecified atom stereocenters. The van der Waals surface area contributed by atoms with E-state index in [4.69, 9.17) is 4.74 Å². The smallest absolute Gasteiger partial charge is 0.341 e. The molecule has 0 bridgehead atoms. The third-order valence-corrected chi connectivity index (χ3v) is 6.77. The van der Waals surface area contributed by atoms with Crippen LogP contribution in [0.5, 0.6) is 5.75 Å². The van der Waals surface area contributed by atoms with Crippen LogP contribution in [-0.4, -0.2) is 32.6 Å². The second kappa shape index (κ2) is 10.9. The van der Waals surface area contributed by atoms with Crippen molar-refractivity contribution < 1.29 is 23.1 Å². The zero-order valence-corrected chi connectivity index (χ0v) is 18.8. The molecule has 2 N–H and O–H groups in total. The number of aryl methyl sites for hydroxylation is 1. The Morgan fingerprint density at radius 2 is 1.62 bits per heavy atom. The number of carbonyl (C=O) groups is 1. The Hall–Kier alpha value is -3.16. The fourth-order valence-corrected chi connectivity index (χ4v) is 4.56. The van der Waals surface area contributed by atoms with Crippen LogP contribution in [0.3, 0.4) is 0 Å². The molecule has 0 spiro atoms. The first-order valence-corrected chi connectivity index (χ1v) is 12.0. The van der Waals surface area contributed by atoms with Gasteiger partial charge in [-0.3, -0.25) is 0 Å². The summed E-state index contributed by atoms with van der Waals surface area (Å²) in [5.74, 6) is -1.09. The highest BCUT2D eigenvalue weighted by Gasteiger charge is 2.22. The largest absolute Gasteiger partial charge is 0.507 e. The normalized spacial score (nSPS) is 11.3. The van der Waals surface area contributed by atoms with Crippen LogP contribution in [0.15, 0.2) is 82.6 Å². The predicted molar refractivity (Wildman–Crippen MR) is 122 cm³/mol. The SMILES string of the molecule is CCOC(=O)c1cc(S(=O)(=O)c2ccc(CCCNCc3ccccc3)cc2)ccc1O. The Labute approximate surface area is 188 Å². The number of sulfone groups is 1. The number of ether oxygens (including phenoxy) is 1. The fraction of sp³-hybridized carbons (Fsp3) is 0.240. The molecule has 0 fully saturated rings. The summed E-state index contributed by atoms with van der Waals surface area (Å²) in [6.45, 7) is 3.44. The molecule has 0 atom stereocenters. The molecule has 0 heterocycles. The van der Waals surface area contributed by atoms with Gasteiger partial charge >= 0.3 is 5.97 Å². The van der Waals surface area contributed by atoms with Gasteiger partial charge in [0.2, 0.25) is 9.84 Å². The molecule has 0 aromatic heterocycles. The molecule has 0 amide bonds. The second-order valence-electron chi connectivity index (χ2n) is 7.31. The van der Waals surface area contributed by atoms with Gasteiger partial charge < -0.3 is 15.2 Å². The van der Waals surface area contributed by atoms with Gasteiger partial charge in [-0.1, -0.05) is 42.5 Å². The van der Waals surface area contributed by atoms with Gasteiger partial charge in [-0.05, 0) is 67.8 Å². The highest BCUT2D eigenvalue weighted by Crippen LogP contribution is 2.27. The quantitative estimate of drug-likeness (QED) is 0.354. The van der Waals surface area contributed by atoms with E-state index in [-0.39, 0.29) is 27.7 Å². The van der Waals surface area contributed by atoms with Crippen molar-refractivity contribution in [3.05, 3.63) is 89.5 Å². The fourth-order valence-electron chi connectivity index (χ4n) is 3.27. The summed E-state index contributed by atoms with van der Waals surface area (Å²) < 4.78 is 30.8. The lowest BCUT2D eigenvalue weighted by Crippen LogP contribution is -2.15. The van der Waals surface area contributed by atoms with Gasteiger partial charge in [-0.2, -0.15) is 0 Å². The van der Waals surface area contributed by atoms with Crippen LogP contribution in [0, 0.1) is 0 Å². The van der Waals surface area contributed by atoms with Crippen molar-refractivity contribution in [1.29, 1.82) is 0 Å². The third kappa shape index (κ3) is 5.96. The maximum Gasteiger partial charge on any atom is 0.341 e. The van der Waals surface area contributed by atoms with Crippen LogP contribution >= 0.6 is 0 Å². The summed E-state index contributed by atoms with van der Waals surface area (Å²) in [7, 11) is -3.83.